The van der Waals surface area contributed by atoms with E-state index in [4.69, 9.17) is 10.2 Å². The van der Waals surface area contributed by atoms with Crippen LogP contribution in [-0.4, -0.2) is 88.9 Å². The number of nitrogens with zero attached hydrogens (tertiary/aromatic N) is 3. The number of fused-ring (bicyclic) bond motifs is 1. The van der Waals surface area contributed by atoms with E-state index in [2.05, 4.69) is 11.3 Å². The average Bonchev–Trinajstić information content (AvgIpc) is 3.62. The molecule has 1 radical (unpaired) electrons. The van der Waals surface area contributed by atoms with Gasteiger partial charge in [-0.05, 0) is 55.0 Å². The third-order valence-electron chi connectivity index (χ3n) is 7.47. The molecule has 0 saturated carbocycles. The molecule has 0 aliphatic carbocycles. The van der Waals surface area contributed by atoms with Crippen molar-refractivity contribution < 1.29 is 23.9 Å². The van der Waals surface area contributed by atoms with Crippen LogP contribution in [0.5, 0.6) is 0 Å². The first-order valence-electron chi connectivity index (χ1n) is 12.2. The van der Waals surface area contributed by atoms with Gasteiger partial charge in [0.05, 0.1) is 12.4 Å². The fourth-order valence-corrected chi connectivity index (χ4v) is 5.78. The molecular weight excluding hydrogens is 448 g/mol. The summed E-state index contributed by atoms with van der Waals surface area (Å²) in [6.07, 6.45) is 3.84. The summed E-state index contributed by atoms with van der Waals surface area (Å²) in [6.45, 7) is 4.20. The third-order valence-corrected chi connectivity index (χ3v) is 7.47. The lowest BCUT2D eigenvalue weighted by Gasteiger charge is -2.28. The Labute approximate surface area is 204 Å². The van der Waals surface area contributed by atoms with Crippen molar-refractivity contribution in [2.75, 3.05) is 39.3 Å². The third kappa shape index (κ3) is 4.83. The van der Waals surface area contributed by atoms with Crippen LogP contribution in [0.4, 0.5) is 0 Å². The van der Waals surface area contributed by atoms with E-state index in [-0.39, 0.29) is 30.5 Å². The minimum absolute atomic E-state index is 0.0844. The van der Waals surface area contributed by atoms with Gasteiger partial charge in [0.15, 0.2) is 5.76 Å². The highest BCUT2D eigenvalue weighted by atomic mass is 16.3. The van der Waals surface area contributed by atoms with Crippen molar-refractivity contribution in [3.8, 4) is 0 Å². The smallest absolute Gasteiger partial charge is 0.290 e. The zero-order valence-electron chi connectivity index (χ0n) is 19.6. The molecule has 4 atom stereocenters. The van der Waals surface area contributed by atoms with E-state index in [9.17, 15) is 19.5 Å². The molecule has 1 aromatic carbocycles. The molecule has 185 valence electrons. The lowest BCUT2D eigenvalue weighted by molar-refractivity contribution is -0.134. The van der Waals surface area contributed by atoms with Crippen LogP contribution < -0.4 is 5.73 Å². The molecule has 5 rings (SSSR count). The number of aliphatic hydroxyl groups is 1. The minimum atomic E-state index is -0.712. The lowest BCUT2D eigenvalue weighted by atomic mass is 10.0. The number of primary amides is 1. The molecule has 4 heterocycles. The average molecular weight is 480 g/mol. The van der Waals surface area contributed by atoms with Crippen LogP contribution in [0.3, 0.4) is 0 Å². The van der Waals surface area contributed by atoms with Crippen molar-refractivity contribution in [2.45, 2.75) is 25.0 Å². The molecule has 3 amide bonds. The van der Waals surface area contributed by atoms with Crippen LogP contribution in [-0.2, 0) is 4.79 Å². The summed E-state index contributed by atoms with van der Waals surface area (Å²) >= 11 is 0. The van der Waals surface area contributed by atoms with Gasteiger partial charge in [-0.15, -0.1) is 0 Å². The number of benzene rings is 1. The highest BCUT2D eigenvalue weighted by Crippen LogP contribution is 2.33. The fraction of sp³-hybridized carbons (Fsp3) is 0.462. The Kier molecular flexibility index (Phi) is 6.62. The molecule has 3 saturated heterocycles. The molecule has 3 aliphatic heterocycles. The molecule has 0 bridgehead atoms. The number of aliphatic hydroxyl groups excluding tert-OH is 1. The number of amides is 3. The maximum atomic E-state index is 13.3. The first kappa shape index (κ1) is 23.6. The van der Waals surface area contributed by atoms with Crippen LogP contribution in [0.2, 0.25) is 0 Å². The molecule has 3 aliphatic rings. The maximum absolute atomic E-state index is 13.3. The summed E-state index contributed by atoms with van der Waals surface area (Å²) in [6, 6.07) is 9.92. The SMILES string of the molecule is NC(=O)c1ccccc1[CH]CCN1CC2CN(C(=O)C3C[C@H](O)CN3C(=O)c3ccco3)CC2C1. The Morgan fingerprint density at radius 2 is 1.77 bits per heavy atom. The Balaban J connectivity index is 1.13. The molecule has 9 nitrogen and oxygen atoms in total. The van der Waals surface area contributed by atoms with Crippen molar-refractivity contribution in [3.63, 3.8) is 0 Å². The topological polar surface area (TPSA) is 120 Å². The zero-order valence-corrected chi connectivity index (χ0v) is 19.6. The molecule has 3 N–H and O–H groups in total. The number of hydrogen-bond donors (Lipinski definition) is 2. The molecule has 3 fully saturated rings. The number of furan rings is 1. The van der Waals surface area contributed by atoms with Gasteiger partial charge in [0.25, 0.3) is 5.91 Å². The van der Waals surface area contributed by atoms with Gasteiger partial charge in [0.2, 0.25) is 11.8 Å². The summed E-state index contributed by atoms with van der Waals surface area (Å²) in [4.78, 5) is 43.5. The molecule has 0 spiro atoms. The molecule has 2 aromatic rings. The number of hydrogen-bond acceptors (Lipinski definition) is 6. The molecule has 1 aromatic heterocycles. The minimum Gasteiger partial charge on any atom is -0.459 e. The van der Waals surface area contributed by atoms with E-state index in [0.717, 1.165) is 31.6 Å². The number of likely N-dealkylation sites (tertiary alicyclic amines) is 3. The number of β-amino-alcohol motifs (C(OH)–C–C–N with tert-alkyl or cyclic N) is 1. The van der Waals surface area contributed by atoms with Crippen molar-refractivity contribution in [1.82, 2.24) is 14.7 Å². The van der Waals surface area contributed by atoms with E-state index in [1.807, 2.05) is 23.1 Å². The van der Waals surface area contributed by atoms with Gasteiger partial charge in [-0.1, -0.05) is 18.2 Å². The largest absolute Gasteiger partial charge is 0.459 e. The highest BCUT2D eigenvalue weighted by molar-refractivity contribution is 5.96. The summed E-state index contributed by atoms with van der Waals surface area (Å²) in [5, 5.41) is 10.2. The van der Waals surface area contributed by atoms with Gasteiger partial charge in [-0.2, -0.15) is 0 Å². The van der Waals surface area contributed by atoms with E-state index in [1.54, 1.807) is 18.2 Å². The van der Waals surface area contributed by atoms with Crippen LogP contribution >= 0.6 is 0 Å². The van der Waals surface area contributed by atoms with Gasteiger partial charge in [-0.25, -0.2) is 0 Å². The van der Waals surface area contributed by atoms with E-state index < -0.39 is 18.1 Å². The Hall–Kier alpha value is -3.17. The first-order chi connectivity index (χ1) is 16.9. The van der Waals surface area contributed by atoms with Crippen LogP contribution in [0.25, 0.3) is 0 Å². The standard InChI is InChI=1S/C26H31N4O5/c27-24(32)21-7-2-1-5-17(21)6-3-9-28-12-18-14-29(15-19(18)13-28)25(33)22-11-20(31)16-30(22)26(34)23-8-4-10-35-23/h1-2,4-8,10,18-20,22,31H,3,9,11-16H2,(H2,27,32)/t18?,19?,20-,22?/m0/s1. The van der Waals surface area contributed by atoms with Crippen LogP contribution in [0.1, 0.15) is 39.3 Å². The van der Waals surface area contributed by atoms with E-state index in [1.165, 1.54) is 11.2 Å². The zero-order chi connectivity index (χ0) is 24.5. The summed E-state index contributed by atoms with van der Waals surface area (Å²) in [5.74, 6) is 0.121. The van der Waals surface area contributed by atoms with Crippen molar-refractivity contribution in [2.24, 2.45) is 17.6 Å². The van der Waals surface area contributed by atoms with Gasteiger partial charge in [0.1, 0.15) is 6.04 Å². The van der Waals surface area contributed by atoms with Gasteiger partial charge >= 0.3 is 0 Å². The number of rotatable bonds is 7. The highest BCUT2D eigenvalue weighted by Gasteiger charge is 2.46. The van der Waals surface area contributed by atoms with Crippen molar-refractivity contribution in [3.05, 3.63) is 66.0 Å². The molecule has 9 heteroatoms. The second-order valence-electron chi connectivity index (χ2n) is 9.81. The number of nitrogens with two attached hydrogens (primary N) is 1. The molecular formula is C26H31N4O5. The van der Waals surface area contributed by atoms with Crippen molar-refractivity contribution >= 4 is 17.7 Å². The predicted octanol–water partition coefficient (Wildman–Crippen LogP) is 0.987. The Bertz CT molecular complexity index is 1070. The van der Waals surface area contributed by atoms with E-state index >= 15 is 0 Å². The maximum Gasteiger partial charge on any atom is 0.290 e. The van der Waals surface area contributed by atoms with Gasteiger partial charge in [0, 0.05) is 44.7 Å². The second kappa shape index (κ2) is 9.83. The molecule has 3 unspecified atom stereocenters. The van der Waals surface area contributed by atoms with Gasteiger partial charge < -0.3 is 30.0 Å². The number of carbonyl (C=O) groups excluding carboxylic acids is 3. The number of carbonyl (C=O) groups is 3. The fourth-order valence-electron chi connectivity index (χ4n) is 5.78. The Morgan fingerprint density at radius 3 is 2.46 bits per heavy atom. The monoisotopic (exact) mass is 479 g/mol. The quantitative estimate of drug-likeness (QED) is 0.611. The second-order valence-corrected chi connectivity index (χ2v) is 9.81. The van der Waals surface area contributed by atoms with Crippen LogP contribution in [0, 0.1) is 18.3 Å². The van der Waals surface area contributed by atoms with E-state index in [0.29, 0.717) is 30.5 Å². The molecule has 35 heavy (non-hydrogen) atoms. The Morgan fingerprint density at radius 1 is 1.03 bits per heavy atom. The summed E-state index contributed by atoms with van der Waals surface area (Å²) in [5.41, 5.74) is 6.87. The normalized spacial score (nSPS) is 26.3. The summed E-state index contributed by atoms with van der Waals surface area (Å²) in [7, 11) is 0. The first-order valence-corrected chi connectivity index (χ1v) is 12.2. The van der Waals surface area contributed by atoms with Gasteiger partial charge in [-0.3, -0.25) is 14.4 Å². The van der Waals surface area contributed by atoms with Crippen molar-refractivity contribution in [1.29, 1.82) is 0 Å². The van der Waals surface area contributed by atoms with Crippen LogP contribution in [0.15, 0.2) is 47.1 Å². The summed E-state index contributed by atoms with van der Waals surface area (Å²) < 4.78 is 5.22. The predicted molar refractivity (Wildman–Crippen MR) is 127 cm³/mol. The lowest BCUT2D eigenvalue weighted by Crippen LogP contribution is -2.47.